The molecule has 0 fully saturated rings. The number of aromatic nitrogens is 4. The lowest BCUT2D eigenvalue weighted by Gasteiger charge is -2.14. The summed E-state index contributed by atoms with van der Waals surface area (Å²) in [5.74, 6) is -3.58. The van der Waals surface area contributed by atoms with Gasteiger partial charge in [0.05, 0.1) is 21.1 Å². The molecule has 166 valence electrons. The highest BCUT2D eigenvalue weighted by molar-refractivity contribution is 7.99. The average molecular weight is 464 g/mol. The minimum atomic E-state index is -1.40. The Morgan fingerprint density at radius 2 is 2.00 bits per heavy atom. The summed E-state index contributed by atoms with van der Waals surface area (Å²) in [4.78, 5) is 35.5. The second kappa shape index (κ2) is 9.47. The Morgan fingerprint density at radius 3 is 2.66 bits per heavy atom. The molecule has 1 heterocycles. The van der Waals surface area contributed by atoms with E-state index in [1.807, 2.05) is 0 Å². The molecule has 0 saturated carbocycles. The normalized spacial score (nSPS) is 11.6. The van der Waals surface area contributed by atoms with E-state index in [4.69, 9.17) is 4.74 Å². The first-order chi connectivity index (χ1) is 15.2. The first-order valence-electron chi connectivity index (χ1n) is 8.81. The maximum Gasteiger partial charge on any atom is 0.339 e. The van der Waals surface area contributed by atoms with Crippen LogP contribution in [0.25, 0.3) is 0 Å². The van der Waals surface area contributed by atoms with Crippen molar-refractivity contribution < 1.29 is 28.0 Å². The molecule has 0 spiro atoms. The summed E-state index contributed by atoms with van der Waals surface area (Å²) in [5, 5.41) is 24.7. The van der Waals surface area contributed by atoms with Gasteiger partial charge >= 0.3 is 5.97 Å². The molecule has 3 rings (SSSR count). The fourth-order valence-corrected chi connectivity index (χ4v) is 3.21. The maximum atomic E-state index is 13.7. The molecule has 32 heavy (non-hydrogen) atoms. The highest BCUT2D eigenvalue weighted by Gasteiger charge is 2.24. The number of hydrogen-bond donors (Lipinski definition) is 1. The summed E-state index contributed by atoms with van der Waals surface area (Å²) in [5.41, 5.74) is -1.01. The molecule has 3 aromatic rings. The van der Waals surface area contributed by atoms with Gasteiger partial charge < -0.3 is 10.1 Å². The van der Waals surface area contributed by atoms with E-state index in [-0.39, 0.29) is 10.5 Å². The largest absolute Gasteiger partial charge is 0.449 e. The molecule has 0 aliphatic rings. The summed E-state index contributed by atoms with van der Waals surface area (Å²) in [6.45, 7) is 1.21. The monoisotopic (exact) mass is 464 g/mol. The Kier molecular flexibility index (Phi) is 6.73. The van der Waals surface area contributed by atoms with Gasteiger partial charge in [-0.3, -0.25) is 14.9 Å². The highest BCUT2D eigenvalue weighted by atomic mass is 32.2. The summed E-state index contributed by atoms with van der Waals surface area (Å²) in [6, 6.07) is 6.07. The van der Waals surface area contributed by atoms with Crippen molar-refractivity contribution in [2.75, 3.05) is 5.32 Å². The molecular formula is C18H14F2N6O5S. The van der Waals surface area contributed by atoms with Crippen LogP contribution in [0.4, 0.5) is 20.2 Å². The molecule has 0 aliphatic carbocycles. The number of amides is 1. The van der Waals surface area contributed by atoms with Crippen LogP contribution in [0.5, 0.6) is 0 Å². The Balaban J connectivity index is 1.73. The quantitative estimate of drug-likeness (QED) is 0.317. The van der Waals surface area contributed by atoms with E-state index < -0.39 is 45.9 Å². The van der Waals surface area contributed by atoms with Crippen LogP contribution in [-0.2, 0) is 16.6 Å². The number of nitrogens with zero attached hydrogens (tertiary/aromatic N) is 5. The van der Waals surface area contributed by atoms with Crippen LogP contribution >= 0.6 is 11.8 Å². The first kappa shape index (κ1) is 22.7. The van der Waals surface area contributed by atoms with Gasteiger partial charge in [-0.05, 0) is 53.4 Å². The zero-order valence-electron chi connectivity index (χ0n) is 16.5. The van der Waals surface area contributed by atoms with E-state index in [1.165, 1.54) is 23.7 Å². The van der Waals surface area contributed by atoms with E-state index in [0.717, 1.165) is 36.0 Å². The first-order valence-corrected chi connectivity index (χ1v) is 9.63. The number of esters is 1. The van der Waals surface area contributed by atoms with Crippen molar-refractivity contribution in [2.24, 2.45) is 7.05 Å². The minimum absolute atomic E-state index is 0.178. The number of carbonyl (C=O) groups is 2. The van der Waals surface area contributed by atoms with Gasteiger partial charge in [-0.15, -0.1) is 5.10 Å². The van der Waals surface area contributed by atoms with Gasteiger partial charge in [-0.2, -0.15) is 0 Å². The molecule has 2 aromatic carbocycles. The van der Waals surface area contributed by atoms with Crippen molar-refractivity contribution in [1.82, 2.24) is 20.2 Å². The zero-order valence-corrected chi connectivity index (χ0v) is 17.3. The van der Waals surface area contributed by atoms with E-state index in [1.54, 1.807) is 7.05 Å². The van der Waals surface area contributed by atoms with Gasteiger partial charge in [-0.25, -0.2) is 18.3 Å². The second-order valence-corrected chi connectivity index (χ2v) is 7.30. The number of halogens is 2. The third-order valence-electron chi connectivity index (χ3n) is 4.01. The van der Waals surface area contributed by atoms with Crippen LogP contribution in [0.1, 0.15) is 17.3 Å². The van der Waals surface area contributed by atoms with Crippen molar-refractivity contribution >= 4 is 35.0 Å². The third kappa shape index (κ3) is 5.21. The Morgan fingerprint density at radius 1 is 1.25 bits per heavy atom. The molecular weight excluding hydrogens is 450 g/mol. The number of nitro benzene ring substituents is 1. The molecule has 1 aromatic heterocycles. The highest BCUT2D eigenvalue weighted by Crippen LogP contribution is 2.34. The van der Waals surface area contributed by atoms with Crippen LogP contribution in [0.3, 0.4) is 0 Å². The molecule has 1 N–H and O–H groups in total. The fourth-order valence-electron chi connectivity index (χ4n) is 2.39. The SMILES string of the molecule is CC(OC(=O)c1ccc(Sc2nnnn2C)c([N+](=O)[O-])c1)C(=O)Nc1cc(F)ccc1F. The lowest BCUT2D eigenvalue weighted by molar-refractivity contribution is -0.387. The predicted molar refractivity (Wildman–Crippen MR) is 106 cm³/mol. The molecule has 0 aliphatic heterocycles. The van der Waals surface area contributed by atoms with Gasteiger partial charge in [0.15, 0.2) is 6.10 Å². The van der Waals surface area contributed by atoms with E-state index in [2.05, 4.69) is 20.8 Å². The van der Waals surface area contributed by atoms with Crippen molar-refractivity contribution in [2.45, 2.75) is 23.1 Å². The molecule has 0 radical (unpaired) electrons. The zero-order chi connectivity index (χ0) is 23.4. The molecule has 0 saturated heterocycles. The van der Waals surface area contributed by atoms with Gasteiger partial charge in [0.2, 0.25) is 5.16 Å². The molecule has 1 amide bonds. The molecule has 1 unspecified atom stereocenters. The predicted octanol–water partition coefficient (Wildman–Crippen LogP) is 2.73. The smallest absolute Gasteiger partial charge is 0.339 e. The Labute approximate surface area is 182 Å². The van der Waals surface area contributed by atoms with Gasteiger partial charge in [0.25, 0.3) is 11.6 Å². The van der Waals surface area contributed by atoms with Crippen molar-refractivity contribution in [3.8, 4) is 0 Å². The van der Waals surface area contributed by atoms with Crippen LogP contribution in [-0.4, -0.2) is 43.1 Å². The fraction of sp³-hybridized carbons (Fsp3) is 0.167. The number of anilines is 1. The molecule has 11 nitrogen and oxygen atoms in total. The van der Waals surface area contributed by atoms with Crippen LogP contribution in [0, 0.1) is 21.7 Å². The number of ether oxygens (including phenoxy) is 1. The molecule has 14 heteroatoms. The van der Waals surface area contributed by atoms with Crippen LogP contribution in [0.15, 0.2) is 46.5 Å². The van der Waals surface area contributed by atoms with E-state index in [0.29, 0.717) is 5.16 Å². The number of aryl methyl sites for hydroxylation is 1. The van der Waals surface area contributed by atoms with Crippen LogP contribution < -0.4 is 5.32 Å². The van der Waals surface area contributed by atoms with Gasteiger partial charge in [0, 0.05) is 19.2 Å². The number of tetrazole rings is 1. The summed E-state index contributed by atoms with van der Waals surface area (Å²) in [6.07, 6.45) is -1.40. The lowest BCUT2D eigenvalue weighted by Crippen LogP contribution is -2.30. The second-order valence-electron chi connectivity index (χ2n) is 6.29. The minimum Gasteiger partial charge on any atom is -0.449 e. The maximum absolute atomic E-state index is 13.7. The van der Waals surface area contributed by atoms with E-state index in [9.17, 15) is 28.5 Å². The molecule has 1 atom stereocenters. The standard InChI is InChI=1S/C18H14F2N6O5S/c1-9(16(27)21-13-8-11(19)4-5-12(13)20)31-17(28)10-3-6-15(14(7-10)26(29)30)32-18-22-23-24-25(18)2/h3-9H,1-2H3,(H,21,27). The number of carbonyl (C=O) groups excluding carboxylic acids is 2. The van der Waals surface area contributed by atoms with Crippen molar-refractivity contribution in [3.05, 3.63) is 63.7 Å². The van der Waals surface area contributed by atoms with Crippen molar-refractivity contribution in [1.29, 1.82) is 0 Å². The number of rotatable bonds is 7. The Bertz CT molecular complexity index is 1200. The number of nitro groups is 1. The van der Waals surface area contributed by atoms with Crippen LogP contribution in [0.2, 0.25) is 0 Å². The summed E-state index contributed by atoms with van der Waals surface area (Å²) in [7, 11) is 1.56. The lowest BCUT2D eigenvalue weighted by atomic mass is 10.2. The Hall–Kier alpha value is -3.94. The summed E-state index contributed by atoms with van der Waals surface area (Å²) >= 11 is 0.922. The number of hydrogen-bond acceptors (Lipinski definition) is 9. The topological polar surface area (TPSA) is 142 Å². The third-order valence-corrected chi connectivity index (χ3v) is 5.11. The molecule has 0 bridgehead atoms. The summed E-state index contributed by atoms with van der Waals surface area (Å²) < 4.78 is 33.2. The van der Waals surface area contributed by atoms with Gasteiger partial charge in [0.1, 0.15) is 11.6 Å². The van der Waals surface area contributed by atoms with Gasteiger partial charge in [-0.1, -0.05) is 0 Å². The average Bonchev–Trinajstić information content (AvgIpc) is 3.15. The number of nitrogens with one attached hydrogen (secondary N) is 1. The van der Waals surface area contributed by atoms with Crippen molar-refractivity contribution in [3.63, 3.8) is 0 Å². The number of benzene rings is 2. The van der Waals surface area contributed by atoms with E-state index >= 15 is 0 Å².